The molecule has 1 aromatic carbocycles. The fraction of sp³-hybridized carbons (Fsp3) is 0.529. The molecule has 1 fully saturated rings. The van der Waals surface area contributed by atoms with Crippen LogP contribution in [0.1, 0.15) is 32.3 Å². The van der Waals surface area contributed by atoms with Gasteiger partial charge in [-0.15, -0.1) is 6.58 Å². The Morgan fingerprint density at radius 1 is 1.25 bits per heavy atom. The van der Waals surface area contributed by atoms with Crippen LogP contribution in [0.15, 0.2) is 43.0 Å². The van der Waals surface area contributed by atoms with E-state index in [4.69, 9.17) is 14.2 Å². The molecule has 0 bridgehead atoms. The Morgan fingerprint density at radius 2 is 1.95 bits per heavy atom. The van der Waals surface area contributed by atoms with Crippen LogP contribution in [0, 0.1) is 0 Å². The van der Waals surface area contributed by atoms with Crippen LogP contribution in [0.4, 0.5) is 0 Å². The highest BCUT2D eigenvalue weighted by molar-refractivity contribution is 5.13. The van der Waals surface area contributed by atoms with Gasteiger partial charge in [0.1, 0.15) is 0 Å². The summed E-state index contributed by atoms with van der Waals surface area (Å²) in [6.07, 6.45) is 3.84. The van der Waals surface area contributed by atoms with Gasteiger partial charge in [-0.25, -0.2) is 0 Å². The van der Waals surface area contributed by atoms with Crippen molar-refractivity contribution in [2.45, 2.75) is 51.3 Å². The minimum Gasteiger partial charge on any atom is -0.374 e. The van der Waals surface area contributed by atoms with E-state index >= 15 is 0 Å². The lowest BCUT2D eigenvalue weighted by molar-refractivity contribution is -0.305. The third kappa shape index (κ3) is 4.75. The van der Waals surface area contributed by atoms with Crippen molar-refractivity contribution in [2.75, 3.05) is 6.61 Å². The average molecular weight is 276 g/mol. The molecule has 0 aliphatic carbocycles. The number of ether oxygens (including phenoxy) is 3. The van der Waals surface area contributed by atoms with E-state index in [-0.39, 0.29) is 12.2 Å². The molecule has 2 atom stereocenters. The lowest BCUT2D eigenvalue weighted by atomic mass is 10.1. The van der Waals surface area contributed by atoms with E-state index in [0.717, 1.165) is 12.8 Å². The molecule has 1 saturated heterocycles. The molecule has 0 unspecified atom stereocenters. The predicted octanol–water partition coefficient (Wildman–Crippen LogP) is 3.69. The Morgan fingerprint density at radius 3 is 2.65 bits per heavy atom. The van der Waals surface area contributed by atoms with Gasteiger partial charge in [-0.1, -0.05) is 36.4 Å². The molecule has 20 heavy (non-hydrogen) atoms. The standard InChI is InChI=1S/C17H24O3/c1-4-8-15-11-16(20-17(2,3)19-15)13-18-12-14-9-6-5-7-10-14/h4-7,9-10,15-16H,1,8,11-13H2,2-3H3/t15-,16-/m0/s1. The first-order valence-corrected chi connectivity index (χ1v) is 7.17. The summed E-state index contributed by atoms with van der Waals surface area (Å²) in [6, 6.07) is 10.2. The maximum Gasteiger partial charge on any atom is 0.163 e. The Bertz CT molecular complexity index is 414. The number of hydrogen-bond acceptors (Lipinski definition) is 3. The molecule has 1 heterocycles. The van der Waals surface area contributed by atoms with Gasteiger partial charge < -0.3 is 14.2 Å². The summed E-state index contributed by atoms with van der Waals surface area (Å²) in [6.45, 7) is 8.89. The van der Waals surface area contributed by atoms with Crippen molar-refractivity contribution >= 4 is 0 Å². The lowest BCUT2D eigenvalue weighted by Gasteiger charge is -2.40. The van der Waals surface area contributed by atoms with E-state index in [1.165, 1.54) is 5.56 Å². The van der Waals surface area contributed by atoms with Crippen LogP contribution in [-0.2, 0) is 20.8 Å². The van der Waals surface area contributed by atoms with Crippen molar-refractivity contribution in [1.82, 2.24) is 0 Å². The molecule has 0 amide bonds. The third-order valence-electron chi connectivity index (χ3n) is 3.27. The maximum absolute atomic E-state index is 5.91. The van der Waals surface area contributed by atoms with Crippen LogP contribution >= 0.6 is 0 Å². The molecule has 110 valence electrons. The zero-order valence-electron chi connectivity index (χ0n) is 12.4. The smallest absolute Gasteiger partial charge is 0.163 e. The van der Waals surface area contributed by atoms with Gasteiger partial charge in [0.25, 0.3) is 0 Å². The summed E-state index contributed by atoms with van der Waals surface area (Å²) < 4.78 is 17.5. The molecule has 0 N–H and O–H groups in total. The van der Waals surface area contributed by atoms with Gasteiger partial charge in [0.05, 0.1) is 25.4 Å². The van der Waals surface area contributed by atoms with Gasteiger partial charge in [0.15, 0.2) is 5.79 Å². The summed E-state index contributed by atoms with van der Waals surface area (Å²) in [5.41, 5.74) is 1.18. The maximum atomic E-state index is 5.91. The van der Waals surface area contributed by atoms with Crippen LogP contribution < -0.4 is 0 Å². The van der Waals surface area contributed by atoms with Crippen molar-refractivity contribution in [1.29, 1.82) is 0 Å². The summed E-state index contributed by atoms with van der Waals surface area (Å²) in [4.78, 5) is 0. The average Bonchev–Trinajstić information content (AvgIpc) is 2.38. The molecular weight excluding hydrogens is 252 g/mol. The van der Waals surface area contributed by atoms with Crippen LogP contribution in [0.2, 0.25) is 0 Å². The topological polar surface area (TPSA) is 27.7 Å². The number of benzene rings is 1. The minimum atomic E-state index is -0.549. The molecule has 3 heteroatoms. The molecular formula is C17H24O3. The molecule has 1 aromatic rings. The predicted molar refractivity (Wildman–Crippen MR) is 79.4 cm³/mol. The monoisotopic (exact) mass is 276 g/mol. The quantitative estimate of drug-likeness (QED) is 0.742. The molecule has 0 aromatic heterocycles. The van der Waals surface area contributed by atoms with Crippen molar-refractivity contribution < 1.29 is 14.2 Å². The lowest BCUT2D eigenvalue weighted by Crippen LogP contribution is -2.46. The van der Waals surface area contributed by atoms with E-state index in [1.54, 1.807) is 0 Å². The van der Waals surface area contributed by atoms with Gasteiger partial charge >= 0.3 is 0 Å². The molecule has 0 spiro atoms. The SMILES string of the molecule is C=CC[C@H]1C[C@@H](COCc2ccccc2)OC(C)(C)O1. The zero-order chi connectivity index (χ0) is 14.4. The molecule has 1 aliphatic heterocycles. The number of hydrogen-bond donors (Lipinski definition) is 0. The Balaban J connectivity index is 1.80. The summed E-state index contributed by atoms with van der Waals surface area (Å²) >= 11 is 0. The van der Waals surface area contributed by atoms with Crippen LogP contribution in [0.25, 0.3) is 0 Å². The molecule has 0 radical (unpaired) electrons. The van der Waals surface area contributed by atoms with E-state index in [0.29, 0.717) is 13.2 Å². The van der Waals surface area contributed by atoms with Crippen molar-refractivity contribution in [3.05, 3.63) is 48.6 Å². The van der Waals surface area contributed by atoms with Gasteiger partial charge in [-0.3, -0.25) is 0 Å². The second kappa shape index (κ2) is 7.02. The van der Waals surface area contributed by atoms with Gasteiger partial charge in [0.2, 0.25) is 0 Å². The van der Waals surface area contributed by atoms with E-state index < -0.39 is 5.79 Å². The van der Waals surface area contributed by atoms with E-state index in [9.17, 15) is 0 Å². The number of rotatable bonds is 6. The first kappa shape index (κ1) is 15.2. The van der Waals surface area contributed by atoms with E-state index in [1.807, 2.05) is 38.1 Å². The van der Waals surface area contributed by atoms with Crippen LogP contribution in [0.3, 0.4) is 0 Å². The van der Waals surface area contributed by atoms with Crippen molar-refractivity contribution in [2.24, 2.45) is 0 Å². The highest BCUT2D eigenvalue weighted by atomic mass is 16.7. The van der Waals surface area contributed by atoms with Gasteiger partial charge in [-0.2, -0.15) is 0 Å². The summed E-state index contributed by atoms with van der Waals surface area (Å²) in [5.74, 6) is -0.549. The Kier molecular flexibility index (Phi) is 5.35. The summed E-state index contributed by atoms with van der Waals surface area (Å²) in [7, 11) is 0. The van der Waals surface area contributed by atoms with Crippen LogP contribution in [0.5, 0.6) is 0 Å². The van der Waals surface area contributed by atoms with Gasteiger partial charge in [-0.05, 0) is 25.8 Å². The molecule has 2 rings (SSSR count). The minimum absolute atomic E-state index is 0.0763. The van der Waals surface area contributed by atoms with Gasteiger partial charge in [0, 0.05) is 6.42 Å². The van der Waals surface area contributed by atoms with E-state index in [2.05, 4.69) is 18.7 Å². The zero-order valence-corrected chi connectivity index (χ0v) is 12.4. The first-order valence-electron chi connectivity index (χ1n) is 7.17. The fourth-order valence-corrected chi connectivity index (χ4v) is 2.53. The highest BCUT2D eigenvalue weighted by Crippen LogP contribution is 2.28. The molecule has 1 aliphatic rings. The van der Waals surface area contributed by atoms with Crippen LogP contribution in [-0.4, -0.2) is 24.6 Å². The Labute approximate surface area is 121 Å². The highest BCUT2D eigenvalue weighted by Gasteiger charge is 2.34. The normalized spacial score (nSPS) is 25.3. The second-order valence-electron chi connectivity index (χ2n) is 5.64. The fourth-order valence-electron chi connectivity index (χ4n) is 2.53. The molecule has 0 saturated carbocycles. The molecule has 3 nitrogen and oxygen atoms in total. The Hall–Kier alpha value is -1.16. The largest absolute Gasteiger partial charge is 0.374 e. The summed E-state index contributed by atoms with van der Waals surface area (Å²) in [5, 5.41) is 0. The van der Waals surface area contributed by atoms with Crippen molar-refractivity contribution in [3.63, 3.8) is 0 Å². The third-order valence-corrected chi connectivity index (χ3v) is 3.27. The second-order valence-corrected chi connectivity index (χ2v) is 5.64. The first-order chi connectivity index (χ1) is 9.59. The van der Waals surface area contributed by atoms with Crippen molar-refractivity contribution in [3.8, 4) is 0 Å².